The predicted molar refractivity (Wildman–Crippen MR) is 162 cm³/mol. The Labute approximate surface area is 244 Å². The second-order valence-corrected chi connectivity index (χ2v) is 11.9. The van der Waals surface area contributed by atoms with Gasteiger partial charge in [-0.05, 0) is 56.5 Å². The van der Waals surface area contributed by atoms with Crippen molar-refractivity contribution in [3.63, 3.8) is 0 Å². The Morgan fingerprint density at radius 3 is 2.27 bits per heavy atom. The summed E-state index contributed by atoms with van der Waals surface area (Å²) < 4.78 is 34.6. The zero-order chi connectivity index (χ0) is 30.0. The first-order chi connectivity index (χ1) is 19.6. The number of hydrogen-bond donors (Lipinski definition) is 1. The Bertz CT molecular complexity index is 1420. The van der Waals surface area contributed by atoms with E-state index in [9.17, 15) is 18.0 Å². The standard InChI is InChI=1S/C32H41N3O5S/c1-6-8-20-33-32(37)28(7-2)34(22-26-13-11-12-25(4)21-26)31(36)23-35(29-14-9-10-15-30(29)40-5)41(38,39)27-18-16-24(3)17-19-27/h9-19,21,28H,6-8,20,22-23H2,1-5H3,(H,33,37)/t28-/m1/s1. The van der Waals surface area contributed by atoms with Crippen LogP contribution in [0.1, 0.15) is 49.8 Å². The summed E-state index contributed by atoms with van der Waals surface area (Å²) in [5.41, 5.74) is 3.02. The number of rotatable bonds is 14. The molecule has 0 heterocycles. The normalized spacial score (nSPS) is 11.9. The van der Waals surface area contributed by atoms with Gasteiger partial charge in [0, 0.05) is 13.1 Å². The number of nitrogens with one attached hydrogen (secondary N) is 1. The number of para-hydroxylation sites is 2. The molecule has 3 aromatic rings. The fourth-order valence-electron chi connectivity index (χ4n) is 4.62. The molecule has 0 bridgehead atoms. The van der Waals surface area contributed by atoms with Crippen molar-refractivity contribution in [2.45, 2.75) is 64.4 Å². The minimum atomic E-state index is -4.18. The van der Waals surface area contributed by atoms with Gasteiger partial charge in [-0.25, -0.2) is 8.42 Å². The SMILES string of the molecule is CCCCNC(=O)[C@@H](CC)N(Cc1cccc(C)c1)C(=O)CN(c1ccccc1OC)S(=O)(=O)c1ccc(C)cc1. The summed E-state index contributed by atoms with van der Waals surface area (Å²) in [4.78, 5) is 29.0. The van der Waals surface area contributed by atoms with E-state index in [-0.39, 0.29) is 23.0 Å². The molecule has 9 heteroatoms. The van der Waals surface area contributed by atoms with Crippen LogP contribution >= 0.6 is 0 Å². The van der Waals surface area contributed by atoms with Crippen LogP contribution in [0.3, 0.4) is 0 Å². The van der Waals surface area contributed by atoms with E-state index in [2.05, 4.69) is 5.32 Å². The molecule has 0 spiro atoms. The minimum Gasteiger partial charge on any atom is -0.495 e. The van der Waals surface area contributed by atoms with Gasteiger partial charge in [0.1, 0.15) is 18.3 Å². The van der Waals surface area contributed by atoms with E-state index in [4.69, 9.17) is 4.74 Å². The van der Waals surface area contributed by atoms with Crippen molar-refractivity contribution in [1.82, 2.24) is 10.2 Å². The van der Waals surface area contributed by atoms with Gasteiger partial charge in [-0.2, -0.15) is 0 Å². The van der Waals surface area contributed by atoms with Crippen molar-refractivity contribution in [2.24, 2.45) is 0 Å². The van der Waals surface area contributed by atoms with Crippen LogP contribution in [0.15, 0.2) is 77.7 Å². The number of carbonyl (C=O) groups is 2. The Kier molecular flexibility index (Phi) is 11.3. The van der Waals surface area contributed by atoms with Crippen LogP contribution < -0.4 is 14.4 Å². The lowest BCUT2D eigenvalue weighted by atomic mass is 10.1. The van der Waals surface area contributed by atoms with Crippen LogP contribution in [-0.2, 0) is 26.2 Å². The molecule has 8 nitrogen and oxygen atoms in total. The summed E-state index contributed by atoms with van der Waals surface area (Å²) >= 11 is 0. The maximum absolute atomic E-state index is 14.2. The molecule has 0 aliphatic carbocycles. The molecule has 0 unspecified atom stereocenters. The second-order valence-electron chi connectivity index (χ2n) is 10.1. The molecule has 0 aromatic heterocycles. The highest BCUT2D eigenvalue weighted by Crippen LogP contribution is 2.32. The summed E-state index contributed by atoms with van der Waals surface area (Å²) in [5.74, 6) is -0.441. The predicted octanol–water partition coefficient (Wildman–Crippen LogP) is 5.23. The lowest BCUT2D eigenvalue weighted by Crippen LogP contribution is -2.52. The number of methoxy groups -OCH3 is 1. The van der Waals surface area contributed by atoms with Crippen molar-refractivity contribution in [1.29, 1.82) is 0 Å². The lowest BCUT2D eigenvalue weighted by molar-refractivity contribution is -0.140. The molecular formula is C32H41N3O5S. The Balaban J connectivity index is 2.07. The maximum atomic E-state index is 14.2. The van der Waals surface area contributed by atoms with E-state index in [0.717, 1.165) is 33.8 Å². The molecule has 1 atom stereocenters. The Morgan fingerprint density at radius 1 is 0.927 bits per heavy atom. The van der Waals surface area contributed by atoms with Crippen molar-refractivity contribution < 1.29 is 22.7 Å². The van der Waals surface area contributed by atoms with Crippen molar-refractivity contribution in [3.8, 4) is 5.75 Å². The average molecular weight is 580 g/mol. The topological polar surface area (TPSA) is 96.0 Å². The molecule has 0 fully saturated rings. The summed E-state index contributed by atoms with van der Waals surface area (Å²) in [6.07, 6.45) is 2.12. The van der Waals surface area contributed by atoms with Crippen LogP contribution in [0.25, 0.3) is 0 Å². The number of aryl methyl sites for hydroxylation is 2. The molecule has 220 valence electrons. The fourth-order valence-corrected chi connectivity index (χ4v) is 6.04. The Hall–Kier alpha value is -3.85. The van der Waals surface area contributed by atoms with Gasteiger partial charge in [0.25, 0.3) is 10.0 Å². The van der Waals surface area contributed by atoms with Crippen LogP contribution in [-0.4, -0.2) is 51.4 Å². The lowest BCUT2D eigenvalue weighted by Gasteiger charge is -2.33. The smallest absolute Gasteiger partial charge is 0.264 e. The maximum Gasteiger partial charge on any atom is 0.264 e. The number of nitrogens with zero attached hydrogens (tertiary/aromatic N) is 2. The number of carbonyl (C=O) groups excluding carboxylic acids is 2. The number of unbranched alkanes of at least 4 members (excludes halogenated alkanes) is 1. The quantitative estimate of drug-likeness (QED) is 0.264. The van der Waals surface area contributed by atoms with Gasteiger partial charge in [0.05, 0.1) is 17.7 Å². The average Bonchev–Trinajstić information content (AvgIpc) is 2.96. The van der Waals surface area contributed by atoms with Crippen molar-refractivity contribution in [3.05, 3.63) is 89.5 Å². The first-order valence-electron chi connectivity index (χ1n) is 14.0. The van der Waals surface area contributed by atoms with E-state index in [0.29, 0.717) is 18.7 Å². The van der Waals surface area contributed by atoms with E-state index in [1.807, 2.05) is 52.0 Å². The van der Waals surface area contributed by atoms with E-state index in [1.165, 1.54) is 24.1 Å². The summed E-state index contributed by atoms with van der Waals surface area (Å²) in [6.45, 7) is 7.87. The van der Waals surface area contributed by atoms with Crippen LogP contribution in [0.5, 0.6) is 5.75 Å². The van der Waals surface area contributed by atoms with Gasteiger partial charge in [0.2, 0.25) is 11.8 Å². The van der Waals surface area contributed by atoms with Gasteiger partial charge in [-0.15, -0.1) is 0 Å². The van der Waals surface area contributed by atoms with Crippen LogP contribution in [0.2, 0.25) is 0 Å². The highest BCUT2D eigenvalue weighted by Gasteiger charge is 2.34. The highest BCUT2D eigenvalue weighted by molar-refractivity contribution is 7.92. The van der Waals surface area contributed by atoms with Gasteiger partial charge >= 0.3 is 0 Å². The van der Waals surface area contributed by atoms with Gasteiger partial charge in [-0.1, -0.05) is 79.9 Å². The van der Waals surface area contributed by atoms with E-state index in [1.54, 1.807) is 36.4 Å². The number of sulfonamides is 1. The summed E-state index contributed by atoms with van der Waals surface area (Å²) in [7, 11) is -2.72. The molecule has 0 saturated heterocycles. The van der Waals surface area contributed by atoms with E-state index >= 15 is 0 Å². The molecule has 3 aromatic carbocycles. The third-order valence-corrected chi connectivity index (χ3v) is 8.67. The van der Waals surface area contributed by atoms with Gasteiger partial charge in [-0.3, -0.25) is 13.9 Å². The third-order valence-electron chi connectivity index (χ3n) is 6.89. The number of ether oxygens (including phenoxy) is 1. The molecule has 0 aliphatic rings. The zero-order valence-electron chi connectivity index (χ0n) is 24.6. The summed E-state index contributed by atoms with van der Waals surface area (Å²) in [6, 6.07) is 20.1. The highest BCUT2D eigenvalue weighted by atomic mass is 32.2. The molecule has 0 radical (unpaired) electrons. The second kappa shape index (κ2) is 14.7. The number of hydrogen-bond acceptors (Lipinski definition) is 5. The zero-order valence-corrected chi connectivity index (χ0v) is 25.4. The monoisotopic (exact) mass is 579 g/mol. The fraction of sp³-hybridized carbons (Fsp3) is 0.375. The Morgan fingerprint density at radius 2 is 1.63 bits per heavy atom. The first-order valence-corrected chi connectivity index (χ1v) is 15.4. The molecular weight excluding hydrogens is 538 g/mol. The molecule has 1 N–H and O–H groups in total. The van der Waals surface area contributed by atoms with Crippen molar-refractivity contribution >= 4 is 27.5 Å². The minimum absolute atomic E-state index is 0.0522. The van der Waals surface area contributed by atoms with Crippen molar-refractivity contribution in [2.75, 3.05) is 24.5 Å². The largest absolute Gasteiger partial charge is 0.495 e. The molecule has 41 heavy (non-hydrogen) atoms. The van der Waals surface area contributed by atoms with Gasteiger partial charge in [0.15, 0.2) is 0 Å². The number of anilines is 1. The third kappa shape index (κ3) is 8.10. The molecule has 0 aliphatic heterocycles. The number of amides is 2. The van der Waals surface area contributed by atoms with Crippen LogP contribution in [0, 0.1) is 13.8 Å². The molecule has 0 saturated carbocycles. The number of benzene rings is 3. The molecule has 2 amide bonds. The van der Waals surface area contributed by atoms with Gasteiger partial charge < -0.3 is 15.0 Å². The summed E-state index contributed by atoms with van der Waals surface area (Å²) in [5, 5.41) is 2.95. The molecule has 3 rings (SSSR count). The van der Waals surface area contributed by atoms with E-state index < -0.39 is 28.5 Å². The first kappa shape index (κ1) is 31.7. The van der Waals surface area contributed by atoms with Crippen LogP contribution in [0.4, 0.5) is 5.69 Å².